The molecule has 2 aromatic rings. The van der Waals surface area contributed by atoms with E-state index in [4.69, 9.17) is 4.74 Å². The van der Waals surface area contributed by atoms with Gasteiger partial charge in [0.2, 0.25) is 5.91 Å². The molecule has 132 valence electrons. The number of nitrogens with one attached hydrogen (secondary N) is 1. The zero-order valence-electron chi connectivity index (χ0n) is 14.5. The third kappa shape index (κ3) is 5.95. The van der Waals surface area contributed by atoms with Crippen molar-refractivity contribution in [3.8, 4) is 5.75 Å². The Kier molecular flexibility index (Phi) is 6.57. The molecule has 0 unspecified atom stereocenters. The number of methoxy groups -OCH3 is 1. The van der Waals surface area contributed by atoms with Crippen LogP contribution in [0.3, 0.4) is 0 Å². The van der Waals surface area contributed by atoms with Crippen LogP contribution in [0.25, 0.3) is 0 Å². The van der Waals surface area contributed by atoms with Gasteiger partial charge in [0.05, 0.1) is 19.4 Å². The average Bonchev–Trinajstić information content (AvgIpc) is 2.61. The Morgan fingerprint density at radius 1 is 1.04 bits per heavy atom. The molecular formula is C20H23NO4. The highest BCUT2D eigenvalue weighted by Crippen LogP contribution is 2.14. The second kappa shape index (κ2) is 8.87. The van der Waals surface area contributed by atoms with Crippen LogP contribution in [0.4, 0.5) is 0 Å². The first-order valence-corrected chi connectivity index (χ1v) is 8.16. The van der Waals surface area contributed by atoms with Gasteiger partial charge in [-0.1, -0.05) is 42.0 Å². The van der Waals surface area contributed by atoms with Crippen molar-refractivity contribution in [3.05, 3.63) is 65.2 Å². The van der Waals surface area contributed by atoms with Crippen molar-refractivity contribution < 1.29 is 19.4 Å². The Bertz CT molecular complexity index is 707. The molecule has 5 heteroatoms. The molecule has 25 heavy (non-hydrogen) atoms. The van der Waals surface area contributed by atoms with Gasteiger partial charge in [0, 0.05) is 6.54 Å². The fourth-order valence-corrected chi connectivity index (χ4v) is 2.51. The largest absolute Gasteiger partial charge is 0.508 e. The molecule has 0 radical (unpaired) electrons. The predicted molar refractivity (Wildman–Crippen MR) is 95.2 cm³/mol. The van der Waals surface area contributed by atoms with Gasteiger partial charge >= 0.3 is 5.97 Å². The van der Waals surface area contributed by atoms with E-state index in [1.807, 2.05) is 31.2 Å². The second-order valence-corrected chi connectivity index (χ2v) is 6.06. The summed E-state index contributed by atoms with van der Waals surface area (Å²) >= 11 is 0. The summed E-state index contributed by atoms with van der Waals surface area (Å²) in [6, 6.07) is 14.4. The normalized spacial score (nSPS) is 11.6. The first-order chi connectivity index (χ1) is 12.0. The van der Waals surface area contributed by atoms with Crippen molar-refractivity contribution in [2.45, 2.75) is 19.8 Å². The minimum absolute atomic E-state index is 0.136. The molecule has 0 saturated heterocycles. The van der Waals surface area contributed by atoms with Crippen LogP contribution in [0.1, 0.15) is 16.7 Å². The fourth-order valence-electron chi connectivity index (χ4n) is 2.51. The van der Waals surface area contributed by atoms with E-state index >= 15 is 0 Å². The van der Waals surface area contributed by atoms with Gasteiger partial charge in [-0.3, -0.25) is 9.59 Å². The number of rotatable bonds is 7. The molecule has 2 N–H and O–H groups in total. The monoisotopic (exact) mass is 341 g/mol. The molecule has 0 aliphatic heterocycles. The Morgan fingerprint density at radius 3 is 2.24 bits per heavy atom. The summed E-state index contributed by atoms with van der Waals surface area (Å²) in [4.78, 5) is 24.1. The van der Waals surface area contributed by atoms with Crippen molar-refractivity contribution in [1.82, 2.24) is 5.32 Å². The van der Waals surface area contributed by atoms with Gasteiger partial charge in [-0.2, -0.15) is 0 Å². The Morgan fingerprint density at radius 2 is 1.64 bits per heavy atom. The molecule has 0 heterocycles. The standard InChI is InChI=1S/C20H23NO4/c1-14-3-5-16(6-4-14)12-19(23)21-13-17(20(24)25-2)11-15-7-9-18(22)10-8-15/h3-10,17,22H,11-13H2,1-2H3,(H,21,23)/t17-/m0/s1. The van der Waals surface area contributed by atoms with E-state index in [1.165, 1.54) is 7.11 Å². The number of hydrogen-bond donors (Lipinski definition) is 2. The van der Waals surface area contributed by atoms with E-state index in [0.717, 1.165) is 16.7 Å². The summed E-state index contributed by atoms with van der Waals surface area (Å²) in [5.41, 5.74) is 2.96. The zero-order valence-corrected chi connectivity index (χ0v) is 14.5. The summed E-state index contributed by atoms with van der Waals surface area (Å²) in [5, 5.41) is 12.1. The molecule has 0 bridgehead atoms. The maximum Gasteiger partial charge on any atom is 0.310 e. The summed E-state index contributed by atoms with van der Waals surface area (Å²) in [5.74, 6) is -0.812. The number of hydrogen-bond acceptors (Lipinski definition) is 4. The van der Waals surface area contributed by atoms with Gasteiger partial charge in [0.15, 0.2) is 0 Å². The lowest BCUT2D eigenvalue weighted by Gasteiger charge is -2.16. The highest BCUT2D eigenvalue weighted by molar-refractivity contribution is 5.80. The molecule has 0 fully saturated rings. The number of carbonyl (C=O) groups is 2. The van der Waals surface area contributed by atoms with E-state index < -0.39 is 5.92 Å². The molecule has 2 rings (SSSR count). The number of ether oxygens (including phenoxy) is 1. The third-order valence-electron chi connectivity index (χ3n) is 3.98. The van der Waals surface area contributed by atoms with Crippen molar-refractivity contribution in [2.75, 3.05) is 13.7 Å². The molecule has 1 atom stereocenters. The minimum atomic E-state index is -0.475. The molecule has 0 saturated carbocycles. The van der Waals surface area contributed by atoms with E-state index in [0.29, 0.717) is 6.42 Å². The molecule has 0 aromatic heterocycles. The maximum atomic E-state index is 12.1. The van der Waals surface area contributed by atoms with Crippen LogP contribution in [0.15, 0.2) is 48.5 Å². The van der Waals surface area contributed by atoms with Crippen molar-refractivity contribution in [3.63, 3.8) is 0 Å². The lowest BCUT2D eigenvalue weighted by atomic mass is 9.99. The number of aryl methyl sites for hydroxylation is 1. The van der Waals surface area contributed by atoms with E-state index in [2.05, 4.69) is 5.32 Å². The number of phenols is 1. The van der Waals surface area contributed by atoms with Gasteiger partial charge in [-0.25, -0.2) is 0 Å². The van der Waals surface area contributed by atoms with Crippen LogP contribution >= 0.6 is 0 Å². The number of aromatic hydroxyl groups is 1. The summed E-state index contributed by atoms with van der Waals surface area (Å²) in [6.45, 7) is 2.20. The molecule has 1 amide bonds. The Balaban J connectivity index is 1.92. The maximum absolute atomic E-state index is 12.1. The van der Waals surface area contributed by atoms with Crippen LogP contribution in [-0.4, -0.2) is 30.6 Å². The molecule has 0 spiro atoms. The summed E-state index contributed by atoms with van der Waals surface area (Å²) in [6.07, 6.45) is 0.700. The van der Waals surface area contributed by atoms with Crippen molar-refractivity contribution >= 4 is 11.9 Å². The average molecular weight is 341 g/mol. The predicted octanol–water partition coefficient (Wildman–Crippen LogP) is 2.39. The molecule has 0 aliphatic carbocycles. The van der Waals surface area contributed by atoms with Crippen LogP contribution in [-0.2, 0) is 27.2 Å². The van der Waals surface area contributed by atoms with Crippen molar-refractivity contribution in [2.24, 2.45) is 5.92 Å². The van der Waals surface area contributed by atoms with Crippen LogP contribution in [0.5, 0.6) is 5.75 Å². The van der Waals surface area contributed by atoms with Crippen LogP contribution in [0.2, 0.25) is 0 Å². The van der Waals surface area contributed by atoms with Gasteiger partial charge < -0.3 is 15.2 Å². The number of carbonyl (C=O) groups excluding carboxylic acids is 2. The second-order valence-electron chi connectivity index (χ2n) is 6.06. The smallest absolute Gasteiger partial charge is 0.310 e. The number of esters is 1. The van der Waals surface area contributed by atoms with E-state index in [-0.39, 0.29) is 30.6 Å². The van der Waals surface area contributed by atoms with E-state index in [1.54, 1.807) is 24.3 Å². The van der Waals surface area contributed by atoms with Gasteiger partial charge in [0.1, 0.15) is 5.75 Å². The van der Waals surface area contributed by atoms with Gasteiger partial charge in [-0.15, -0.1) is 0 Å². The number of amides is 1. The van der Waals surface area contributed by atoms with Crippen LogP contribution in [0, 0.1) is 12.8 Å². The number of benzene rings is 2. The zero-order chi connectivity index (χ0) is 18.2. The molecule has 0 aliphatic rings. The third-order valence-corrected chi connectivity index (χ3v) is 3.98. The highest BCUT2D eigenvalue weighted by atomic mass is 16.5. The topological polar surface area (TPSA) is 75.6 Å². The van der Waals surface area contributed by atoms with Gasteiger partial charge in [-0.05, 0) is 36.6 Å². The lowest BCUT2D eigenvalue weighted by Crippen LogP contribution is -2.35. The molecule has 5 nitrogen and oxygen atoms in total. The number of phenolic OH excluding ortho intramolecular Hbond substituents is 1. The van der Waals surface area contributed by atoms with Crippen molar-refractivity contribution in [1.29, 1.82) is 0 Å². The van der Waals surface area contributed by atoms with Gasteiger partial charge in [0.25, 0.3) is 0 Å². The quantitative estimate of drug-likeness (QED) is 0.758. The highest BCUT2D eigenvalue weighted by Gasteiger charge is 2.20. The first kappa shape index (κ1) is 18.5. The SMILES string of the molecule is COC(=O)[C@H](CNC(=O)Cc1ccc(C)cc1)Cc1ccc(O)cc1. The van der Waals surface area contributed by atoms with Crippen LogP contribution < -0.4 is 5.32 Å². The lowest BCUT2D eigenvalue weighted by molar-refractivity contribution is -0.145. The van der Waals surface area contributed by atoms with E-state index in [9.17, 15) is 14.7 Å². The summed E-state index contributed by atoms with van der Waals surface area (Å²) in [7, 11) is 1.33. The minimum Gasteiger partial charge on any atom is -0.508 e. The molecular weight excluding hydrogens is 318 g/mol. The Hall–Kier alpha value is -2.82. The summed E-state index contributed by atoms with van der Waals surface area (Å²) < 4.78 is 4.83. The molecule has 2 aromatic carbocycles. The Labute approximate surface area is 147 Å². The first-order valence-electron chi connectivity index (χ1n) is 8.16. The fraction of sp³-hybridized carbons (Fsp3) is 0.300.